The van der Waals surface area contributed by atoms with E-state index in [0.29, 0.717) is 25.3 Å². The zero-order valence-electron chi connectivity index (χ0n) is 15.2. The van der Waals surface area contributed by atoms with Crippen molar-refractivity contribution >= 4 is 22.7 Å². The summed E-state index contributed by atoms with van der Waals surface area (Å²) in [7, 11) is 2.16. The molecule has 2 aliphatic heterocycles. The fraction of sp³-hybridized carbons (Fsp3) is 0.450. The van der Waals surface area contributed by atoms with Gasteiger partial charge in [0.15, 0.2) is 0 Å². The summed E-state index contributed by atoms with van der Waals surface area (Å²) in [5.74, 6) is 1.42. The van der Waals surface area contributed by atoms with Crippen LogP contribution < -0.4 is 5.32 Å². The van der Waals surface area contributed by atoms with Crippen LogP contribution in [0.2, 0.25) is 0 Å². The second-order valence-corrected chi connectivity index (χ2v) is 7.24. The number of para-hydroxylation sites is 2. The van der Waals surface area contributed by atoms with Gasteiger partial charge in [-0.25, -0.2) is 4.98 Å². The lowest BCUT2D eigenvalue weighted by atomic mass is 9.89. The predicted molar refractivity (Wildman–Crippen MR) is 103 cm³/mol. The highest BCUT2D eigenvalue weighted by Crippen LogP contribution is 2.25. The first-order valence-corrected chi connectivity index (χ1v) is 9.35. The third kappa shape index (κ3) is 3.70. The second kappa shape index (κ2) is 7.41. The first-order chi connectivity index (χ1) is 12.7. The second-order valence-electron chi connectivity index (χ2n) is 7.24. The molecule has 2 N–H and O–H groups in total. The lowest BCUT2D eigenvalue weighted by molar-refractivity contribution is -0.117. The Morgan fingerprint density at radius 1 is 1.31 bits per heavy atom. The first kappa shape index (κ1) is 17.0. The minimum Gasteiger partial charge on any atom is -0.352 e. The molecule has 0 spiro atoms. The maximum absolute atomic E-state index is 12.4. The number of fused-ring (bicyclic) bond motifs is 1. The number of aromatic nitrogens is 2. The van der Waals surface area contributed by atoms with Crippen molar-refractivity contribution in [2.75, 3.05) is 26.7 Å². The van der Waals surface area contributed by atoms with E-state index in [1.54, 1.807) is 6.20 Å². The predicted octanol–water partition coefficient (Wildman–Crippen LogP) is 2.29. The van der Waals surface area contributed by atoms with E-state index in [2.05, 4.69) is 32.2 Å². The van der Waals surface area contributed by atoms with E-state index in [9.17, 15) is 4.79 Å². The lowest BCUT2D eigenvalue weighted by Gasteiger charge is -2.29. The van der Waals surface area contributed by atoms with Gasteiger partial charge in [0.25, 0.3) is 0 Å². The van der Waals surface area contributed by atoms with Crippen LogP contribution in [0, 0.1) is 5.92 Å². The van der Waals surface area contributed by atoms with Gasteiger partial charge in [0, 0.05) is 42.8 Å². The normalized spacial score (nSPS) is 18.8. The molecule has 2 aromatic rings. The van der Waals surface area contributed by atoms with Gasteiger partial charge < -0.3 is 15.2 Å². The van der Waals surface area contributed by atoms with Crippen molar-refractivity contribution in [3.8, 4) is 0 Å². The number of hydrogen-bond acceptors (Lipinski definition) is 4. The molecule has 0 unspecified atom stereocenters. The van der Waals surface area contributed by atoms with Crippen molar-refractivity contribution in [1.29, 1.82) is 0 Å². The molecule has 0 saturated carbocycles. The summed E-state index contributed by atoms with van der Waals surface area (Å²) in [6.07, 6.45) is 5.43. The summed E-state index contributed by atoms with van der Waals surface area (Å²) in [4.78, 5) is 27.1. The van der Waals surface area contributed by atoms with Gasteiger partial charge in [-0.1, -0.05) is 12.1 Å². The molecule has 6 heteroatoms. The van der Waals surface area contributed by atoms with Gasteiger partial charge in [0.05, 0.1) is 11.0 Å². The molecule has 3 heterocycles. The van der Waals surface area contributed by atoms with E-state index >= 15 is 0 Å². The molecule has 1 saturated heterocycles. The number of carbonyl (C=O) groups is 1. The van der Waals surface area contributed by atoms with Crippen molar-refractivity contribution in [1.82, 2.24) is 20.2 Å². The lowest BCUT2D eigenvalue weighted by Crippen LogP contribution is -2.34. The fourth-order valence-electron chi connectivity index (χ4n) is 3.71. The maximum atomic E-state index is 12.4. The molecular formula is C20H25N5O. The molecule has 1 fully saturated rings. The number of aliphatic imine (C=N–C) groups is 1. The molecule has 4 rings (SSSR count). The largest absolute Gasteiger partial charge is 0.352 e. The van der Waals surface area contributed by atoms with Crippen molar-refractivity contribution in [2.24, 2.45) is 10.9 Å². The molecule has 136 valence electrons. The Morgan fingerprint density at radius 3 is 2.92 bits per heavy atom. The maximum Gasteiger partial charge on any atom is 0.249 e. The number of piperidine rings is 1. The van der Waals surface area contributed by atoms with Crippen molar-refractivity contribution in [3.05, 3.63) is 41.9 Å². The molecule has 0 aliphatic carbocycles. The third-order valence-corrected chi connectivity index (χ3v) is 5.33. The number of nitrogens with one attached hydrogen (secondary N) is 2. The van der Waals surface area contributed by atoms with Crippen LogP contribution in [-0.4, -0.2) is 53.2 Å². The quantitative estimate of drug-likeness (QED) is 0.868. The van der Waals surface area contributed by atoms with Gasteiger partial charge in [-0.2, -0.15) is 0 Å². The minimum absolute atomic E-state index is 0.00668. The van der Waals surface area contributed by atoms with Gasteiger partial charge in [-0.3, -0.25) is 9.79 Å². The molecule has 0 radical (unpaired) electrons. The van der Waals surface area contributed by atoms with Crippen LogP contribution in [0.5, 0.6) is 0 Å². The molecule has 1 aromatic carbocycles. The number of aromatic amines is 1. The van der Waals surface area contributed by atoms with Crippen molar-refractivity contribution in [2.45, 2.75) is 25.7 Å². The number of rotatable bonds is 5. The Balaban J connectivity index is 1.24. The monoisotopic (exact) mass is 351 g/mol. The first-order valence-electron chi connectivity index (χ1n) is 9.35. The minimum atomic E-state index is -0.00668. The van der Waals surface area contributed by atoms with Gasteiger partial charge in [0.1, 0.15) is 5.82 Å². The van der Waals surface area contributed by atoms with Gasteiger partial charge in [-0.05, 0) is 45.1 Å². The zero-order valence-corrected chi connectivity index (χ0v) is 15.2. The van der Waals surface area contributed by atoms with E-state index < -0.39 is 0 Å². The zero-order chi connectivity index (χ0) is 17.9. The van der Waals surface area contributed by atoms with Crippen LogP contribution in [0.3, 0.4) is 0 Å². The summed E-state index contributed by atoms with van der Waals surface area (Å²) < 4.78 is 0. The van der Waals surface area contributed by atoms with Gasteiger partial charge >= 0.3 is 0 Å². The highest BCUT2D eigenvalue weighted by molar-refractivity contribution is 6.04. The number of nitrogens with zero attached hydrogens (tertiary/aromatic N) is 3. The molecule has 2 aliphatic rings. The fourth-order valence-corrected chi connectivity index (χ4v) is 3.71. The molecular weight excluding hydrogens is 326 g/mol. The van der Waals surface area contributed by atoms with Crippen LogP contribution in [0.15, 0.2) is 41.0 Å². The number of benzene rings is 1. The van der Waals surface area contributed by atoms with Crippen LogP contribution in [0.4, 0.5) is 0 Å². The Morgan fingerprint density at radius 2 is 2.12 bits per heavy atom. The molecule has 1 amide bonds. The van der Waals surface area contributed by atoms with E-state index in [1.807, 2.05) is 24.3 Å². The van der Waals surface area contributed by atoms with Crippen molar-refractivity contribution < 1.29 is 4.79 Å². The number of amides is 1. The van der Waals surface area contributed by atoms with Gasteiger partial charge in [-0.15, -0.1) is 0 Å². The van der Waals surface area contributed by atoms with Crippen LogP contribution in [0.25, 0.3) is 11.0 Å². The van der Waals surface area contributed by atoms with Crippen LogP contribution in [-0.2, 0) is 11.2 Å². The SMILES string of the molecule is CN1CCC(C2=NC=C(C(=O)NCCc3nc4ccccc4[nH]3)C2)CC1. The smallest absolute Gasteiger partial charge is 0.249 e. The van der Waals surface area contributed by atoms with E-state index in [0.717, 1.165) is 48.4 Å². The van der Waals surface area contributed by atoms with E-state index in [1.165, 1.54) is 5.71 Å². The average molecular weight is 351 g/mol. The number of carbonyl (C=O) groups excluding carboxylic acids is 1. The summed E-state index contributed by atoms with van der Waals surface area (Å²) in [6.45, 7) is 2.80. The molecule has 6 nitrogen and oxygen atoms in total. The molecule has 26 heavy (non-hydrogen) atoms. The third-order valence-electron chi connectivity index (χ3n) is 5.33. The van der Waals surface area contributed by atoms with Crippen molar-refractivity contribution in [3.63, 3.8) is 0 Å². The van der Waals surface area contributed by atoms with Gasteiger partial charge in [0.2, 0.25) is 5.91 Å². The number of likely N-dealkylation sites (tertiary alicyclic amines) is 1. The van der Waals surface area contributed by atoms with E-state index in [4.69, 9.17) is 0 Å². The summed E-state index contributed by atoms with van der Waals surface area (Å²) >= 11 is 0. The molecule has 1 aromatic heterocycles. The number of imidazole rings is 1. The summed E-state index contributed by atoms with van der Waals surface area (Å²) in [5.41, 5.74) is 3.95. The van der Waals surface area contributed by atoms with Crippen LogP contribution in [0.1, 0.15) is 25.1 Å². The number of H-pyrrole nitrogens is 1. The summed E-state index contributed by atoms with van der Waals surface area (Å²) in [6, 6.07) is 7.96. The highest BCUT2D eigenvalue weighted by atomic mass is 16.1. The Kier molecular flexibility index (Phi) is 4.84. The Hall–Kier alpha value is -2.47. The highest BCUT2D eigenvalue weighted by Gasteiger charge is 2.26. The van der Waals surface area contributed by atoms with Crippen LogP contribution >= 0.6 is 0 Å². The Labute approximate surface area is 153 Å². The number of hydrogen-bond donors (Lipinski definition) is 2. The average Bonchev–Trinajstić information content (AvgIpc) is 3.29. The summed E-state index contributed by atoms with van der Waals surface area (Å²) in [5, 5.41) is 3.00. The standard InChI is InChI=1S/C20H25N5O/c1-25-10-7-14(8-11-25)18-12-15(13-22-18)20(26)21-9-6-19-23-16-4-2-3-5-17(16)24-19/h2-5,13-14H,6-12H2,1H3,(H,21,26)(H,23,24). The topological polar surface area (TPSA) is 73.4 Å². The molecule has 0 atom stereocenters. The molecule has 0 bridgehead atoms. The Bertz CT molecular complexity index is 825. The van der Waals surface area contributed by atoms with E-state index in [-0.39, 0.29) is 5.91 Å².